The zero-order valence-electron chi connectivity index (χ0n) is 22.7. The summed E-state index contributed by atoms with van der Waals surface area (Å²) in [6.07, 6.45) is 9.07. The lowest BCUT2D eigenvalue weighted by Gasteiger charge is -2.09. The van der Waals surface area contributed by atoms with E-state index >= 15 is 0 Å². The van der Waals surface area contributed by atoms with Crippen molar-refractivity contribution < 1.29 is 43.1 Å². The van der Waals surface area contributed by atoms with Crippen LogP contribution in [-0.2, 0) is 39.6 Å². The normalized spacial score (nSPS) is 11.2. The number of benzene rings is 1. The summed E-state index contributed by atoms with van der Waals surface area (Å²) in [4.78, 5) is 10.3. The van der Waals surface area contributed by atoms with E-state index in [1.807, 2.05) is 12.1 Å². The zero-order valence-corrected chi connectivity index (χ0v) is 22.7. The molecule has 1 aromatic carbocycles. The fourth-order valence-electron chi connectivity index (χ4n) is 3.34. The fraction of sp³-hybridized carbons (Fsp3) is 0.750. The topological polar surface area (TPSA) is 102 Å². The van der Waals surface area contributed by atoms with Gasteiger partial charge < -0.3 is 38.3 Å². The first-order chi connectivity index (χ1) is 18.2. The second-order valence-corrected chi connectivity index (χ2v) is 8.52. The predicted molar refractivity (Wildman–Crippen MR) is 142 cm³/mol. The highest BCUT2D eigenvalue weighted by molar-refractivity contribution is 5.67. The van der Waals surface area contributed by atoms with Gasteiger partial charge in [0.25, 0.3) is 0 Å². The molecule has 9 nitrogen and oxygen atoms in total. The Hall–Kier alpha value is -1.75. The van der Waals surface area contributed by atoms with Crippen LogP contribution in [0.1, 0.15) is 51.0 Å². The zero-order chi connectivity index (χ0) is 26.7. The lowest BCUT2D eigenvalue weighted by molar-refractivity contribution is -0.142. The first-order valence-electron chi connectivity index (χ1n) is 13.6. The number of hydrogen-bond acceptors (Lipinski definition) is 8. The van der Waals surface area contributed by atoms with E-state index in [2.05, 4.69) is 19.1 Å². The number of unbranched alkanes of at least 4 members (excludes halogenated alkanes) is 5. The Morgan fingerprint density at radius 3 is 1.51 bits per heavy atom. The Balaban J connectivity index is 1.78. The van der Waals surface area contributed by atoms with Crippen LogP contribution in [0.3, 0.4) is 0 Å². The van der Waals surface area contributed by atoms with Gasteiger partial charge in [-0.15, -0.1) is 0 Å². The molecule has 0 amide bonds. The molecule has 1 N–H and O–H groups in total. The summed E-state index contributed by atoms with van der Waals surface area (Å²) < 4.78 is 37.7. The quantitative estimate of drug-likeness (QED) is 0.161. The van der Waals surface area contributed by atoms with Crippen LogP contribution in [0, 0.1) is 0 Å². The minimum Gasteiger partial charge on any atom is -0.491 e. The molecular formula is C28H48O9. The Morgan fingerprint density at radius 1 is 0.595 bits per heavy atom. The molecular weight excluding hydrogens is 480 g/mol. The number of carboxylic acids is 1. The molecule has 0 saturated carbocycles. The standard InChI is InChI=1S/C28H48O9/c1-2-3-4-5-6-7-8-26-9-11-27(12-10-26)37-24-23-35-20-19-33-16-15-31-13-14-32-17-18-34-21-22-36-25-28(29)30/h9-12H,2-8,13-25H2,1H3,(H,29,30). The first-order valence-corrected chi connectivity index (χ1v) is 13.6. The molecule has 9 heteroatoms. The summed E-state index contributed by atoms with van der Waals surface area (Å²) in [5, 5.41) is 8.41. The lowest BCUT2D eigenvalue weighted by atomic mass is 10.0. The summed E-state index contributed by atoms with van der Waals surface area (Å²) in [5.74, 6) is -0.110. The molecule has 0 radical (unpaired) electrons. The Kier molecular flexibility index (Phi) is 23.3. The summed E-state index contributed by atoms with van der Waals surface area (Å²) >= 11 is 0. The number of hydrogen-bond donors (Lipinski definition) is 1. The highest BCUT2D eigenvalue weighted by Gasteiger charge is 1.99. The van der Waals surface area contributed by atoms with E-state index in [0.29, 0.717) is 72.7 Å². The van der Waals surface area contributed by atoms with Crippen LogP contribution in [0.15, 0.2) is 24.3 Å². The van der Waals surface area contributed by atoms with Crippen LogP contribution >= 0.6 is 0 Å². The molecule has 0 bridgehead atoms. The summed E-state index contributed by atoms with van der Waals surface area (Å²) in [7, 11) is 0. The van der Waals surface area contributed by atoms with Crippen molar-refractivity contribution in [2.75, 3.05) is 85.9 Å². The van der Waals surface area contributed by atoms with Gasteiger partial charge in [0, 0.05) is 0 Å². The third-order valence-corrected chi connectivity index (χ3v) is 5.32. The molecule has 0 saturated heterocycles. The molecule has 0 aromatic heterocycles. The molecule has 0 heterocycles. The number of rotatable bonds is 28. The average molecular weight is 529 g/mol. The SMILES string of the molecule is CCCCCCCCc1ccc(OCCOCCOCCOCCOCCOCCOCC(=O)O)cc1. The third-order valence-electron chi connectivity index (χ3n) is 5.32. The predicted octanol–water partition coefficient (Wildman–Crippen LogP) is 4.15. The minimum absolute atomic E-state index is 0.252. The molecule has 0 aliphatic carbocycles. The van der Waals surface area contributed by atoms with Gasteiger partial charge in [0.15, 0.2) is 0 Å². The van der Waals surface area contributed by atoms with Crippen molar-refractivity contribution in [1.29, 1.82) is 0 Å². The van der Waals surface area contributed by atoms with E-state index in [4.69, 9.17) is 38.3 Å². The van der Waals surface area contributed by atoms with Crippen LogP contribution < -0.4 is 4.74 Å². The van der Waals surface area contributed by atoms with Gasteiger partial charge in [-0.2, -0.15) is 0 Å². The van der Waals surface area contributed by atoms with E-state index < -0.39 is 5.97 Å². The van der Waals surface area contributed by atoms with Gasteiger partial charge in [-0.05, 0) is 30.5 Å². The number of aryl methyl sites for hydroxylation is 1. The molecule has 37 heavy (non-hydrogen) atoms. The second kappa shape index (κ2) is 25.9. The van der Waals surface area contributed by atoms with Crippen LogP contribution in [0.5, 0.6) is 5.75 Å². The second-order valence-electron chi connectivity index (χ2n) is 8.52. The van der Waals surface area contributed by atoms with Gasteiger partial charge in [0.2, 0.25) is 0 Å². The molecule has 0 unspecified atom stereocenters. The van der Waals surface area contributed by atoms with Gasteiger partial charge in [-0.1, -0.05) is 51.2 Å². The van der Waals surface area contributed by atoms with Crippen LogP contribution in [0.4, 0.5) is 0 Å². The smallest absolute Gasteiger partial charge is 0.329 e. The van der Waals surface area contributed by atoms with Gasteiger partial charge in [0.1, 0.15) is 19.0 Å². The summed E-state index contributed by atoms with van der Waals surface area (Å²) in [6, 6.07) is 8.39. The fourth-order valence-corrected chi connectivity index (χ4v) is 3.34. The molecule has 1 aromatic rings. The van der Waals surface area contributed by atoms with Crippen LogP contribution in [-0.4, -0.2) is 97.0 Å². The highest BCUT2D eigenvalue weighted by Crippen LogP contribution is 2.15. The highest BCUT2D eigenvalue weighted by atomic mass is 16.6. The third kappa shape index (κ3) is 23.1. The van der Waals surface area contributed by atoms with E-state index in [9.17, 15) is 4.79 Å². The van der Waals surface area contributed by atoms with Crippen molar-refractivity contribution in [1.82, 2.24) is 0 Å². The Bertz CT molecular complexity index is 625. The van der Waals surface area contributed by atoms with Gasteiger partial charge >= 0.3 is 5.97 Å². The summed E-state index contributed by atoms with van der Waals surface area (Å²) in [6.45, 7) is 7.45. The van der Waals surface area contributed by atoms with Crippen LogP contribution in [0.25, 0.3) is 0 Å². The lowest BCUT2D eigenvalue weighted by Crippen LogP contribution is -2.15. The van der Waals surface area contributed by atoms with E-state index in [1.54, 1.807) is 0 Å². The largest absolute Gasteiger partial charge is 0.491 e. The first kappa shape index (κ1) is 33.3. The van der Waals surface area contributed by atoms with Crippen molar-refractivity contribution in [2.24, 2.45) is 0 Å². The van der Waals surface area contributed by atoms with E-state index in [1.165, 1.54) is 44.1 Å². The van der Waals surface area contributed by atoms with Crippen molar-refractivity contribution in [2.45, 2.75) is 51.9 Å². The number of ether oxygens (including phenoxy) is 7. The monoisotopic (exact) mass is 528 g/mol. The van der Waals surface area contributed by atoms with Gasteiger partial charge in [-0.3, -0.25) is 0 Å². The molecule has 1 rings (SSSR count). The van der Waals surface area contributed by atoms with Crippen molar-refractivity contribution in [3.8, 4) is 5.75 Å². The van der Waals surface area contributed by atoms with Crippen molar-refractivity contribution in [3.63, 3.8) is 0 Å². The number of carboxylic acid groups (broad SMARTS) is 1. The molecule has 0 aliphatic heterocycles. The van der Waals surface area contributed by atoms with E-state index in [-0.39, 0.29) is 13.2 Å². The molecule has 214 valence electrons. The molecule has 0 aliphatic rings. The number of carbonyl (C=O) groups is 1. The van der Waals surface area contributed by atoms with Gasteiger partial charge in [-0.25, -0.2) is 4.79 Å². The molecule has 0 fully saturated rings. The maximum absolute atomic E-state index is 10.3. The molecule has 0 spiro atoms. The maximum Gasteiger partial charge on any atom is 0.329 e. The van der Waals surface area contributed by atoms with Gasteiger partial charge in [0.05, 0.1) is 72.7 Å². The van der Waals surface area contributed by atoms with Crippen LogP contribution in [0.2, 0.25) is 0 Å². The summed E-state index contributed by atoms with van der Waals surface area (Å²) in [5.41, 5.74) is 1.37. The van der Waals surface area contributed by atoms with E-state index in [0.717, 1.165) is 12.2 Å². The maximum atomic E-state index is 10.3. The molecule has 0 atom stereocenters. The Labute approximate surface area is 222 Å². The van der Waals surface area contributed by atoms with Crippen molar-refractivity contribution in [3.05, 3.63) is 29.8 Å². The van der Waals surface area contributed by atoms with Crippen molar-refractivity contribution >= 4 is 5.97 Å². The Morgan fingerprint density at radius 2 is 1.03 bits per heavy atom. The minimum atomic E-state index is -0.988. The number of aliphatic carboxylic acids is 1. The average Bonchev–Trinajstić information content (AvgIpc) is 2.90.